The lowest BCUT2D eigenvalue weighted by molar-refractivity contribution is 0.409. The van der Waals surface area contributed by atoms with Gasteiger partial charge in [0.25, 0.3) is 0 Å². The fourth-order valence-electron chi connectivity index (χ4n) is 4.05. The van der Waals surface area contributed by atoms with E-state index in [0.29, 0.717) is 24.2 Å². The summed E-state index contributed by atoms with van der Waals surface area (Å²) in [5, 5.41) is 11.9. The second-order valence-electron chi connectivity index (χ2n) is 7.65. The highest BCUT2D eigenvalue weighted by Crippen LogP contribution is 2.26. The van der Waals surface area contributed by atoms with Gasteiger partial charge in [-0.25, -0.2) is 9.50 Å². The Morgan fingerprint density at radius 1 is 0.880 bits per heavy atom. The van der Waals surface area contributed by atoms with Gasteiger partial charge in [0, 0.05) is 42.6 Å². The zero-order valence-corrected chi connectivity index (χ0v) is 14.7. The van der Waals surface area contributed by atoms with Crippen LogP contribution in [0.25, 0.3) is 5.65 Å². The smallest absolute Gasteiger partial charge is 0.177 e. The number of aromatic nitrogens is 3. The molecule has 0 radical (unpaired) electrons. The van der Waals surface area contributed by atoms with Crippen LogP contribution in [0.3, 0.4) is 0 Å². The number of nitrogens with zero attached hydrogens (tertiary/aromatic N) is 3. The molecule has 2 aliphatic rings. The van der Waals surface area contributed by atoms with Crippen LogP contribution < -0.4 is 22.1 Å². The lowest BCUT2D eigenvalue weighted by Gasteiger charge is -2.29. The Labute approximate surface area is 148 Å². The molecule has 0 aliphatic heterocycles. The van der Waals surface area contributed by atoms with E-state index in [0.717, 1.165) is 68.5 Å². The van der Waals surface area contributed by atoms with Crippen LogP contribution in [0.2, 0.25) is 0 Å². The Morgan fingerprint density at radius 3 is 2.12 bits per heavy atom. The van der Waals surface area contributed by atoms with Crippen LogP contribution in [0.1, 0.15) is 51.4 Å². The van der Waals surface area contributed by atoms with Gasteiger partial charge in [0.1, 0.15) is 5.82 Å². The Morgan fingerprint density at radius 2 is 1.48 bits per heavy atom. The van der Waals surface area contributed by atoms with Gasteiger partial charge in [-0.05, 0) is 51.4 Å². The van der Waals surface area contributed by atoms with Gasteiger partial charge in [-0.2, -0.15) is 0 Å². The molecule has 4 rings (SSSR count). The van der Waals surface area contributed by atoms with E-state index in [4.69, 9.17) is 11.5 Å². The minimum Gasteiger partial charge on any atom is -0.379 e. The molecule has 7 nitrogen and oxygen atoms in total. The third kappa shape index (κ3) is 3.88. The van der Waals surface area contributed by atoms with Crippen LogP contribution in [-0.4, -0.2) is 38.8 Å². The van der Waals surface area contributed by atoms with E-state index in [9.17, 15) is 0 Å². The maximum atomic E-state index is 6.03. The van der Waals surface area contributed by atoms with Crippen LogP contribution in [0, 0.1) is 0 Å². The normalized spacial score (nSPS) is 30.3. The van der Waals surface area contributed by atoms with E-state index in [1.54, 1.807) is 6.20 Å². The molecule has 6 N–H and O–H groups in total. The van der Waals surface area contributed by atoms with Crippen LogP contribution in [-0.2, 0) is 0 Å². The van der Waals surface area contributed by atoms with Gasteiger partial charge in [-0.15, -0.1) is 5.10 Å². The molecule has 25 heavy (non-hydrogen) atoms. The van der Waals surface area contributed by atoms with Gasteiger partial charge in [0.05, 0.1) is 5.69 Å². The minimum atomic E-state index is 0.358. The first-order chi connectivity index (χ1) is 12.2. The summed E-state index contributed by atoms with van der Waals surface area (Å²) in [5.74, 6) is 0.904. The van der Waals surface area contributed by atoms with Crippen molar-refractivity contribution in [3.8, 4) is 0 Å². The van der Waals surface area contributed by atoms with Gasteiger partial charge < -0.3 is 22.1 Å². The van der Waals surface area contributed by atoms with Crippen molar-refractivity contribution in [2.24, 2.45) is 11.5 Å². The van der Waals surface area contributed by atoms with E-state index in [-0.39, 0.29) is 0 Å². The molecule has 2 aromatic heterocycles. The van der Waals surface area contributed by atoms with Crippen molar-refractivity contribution in [2.45, 2.75) is 75.5 Å². The maximum Gasteiger partial charge on any atom is 0.177 e. The maximum absolute atomic E-state index is 6.03. The summed E-state index contributed by atoms with van der Waals surface area (Å²) < 4.78 is 1.85. The molecule has 0 spiro atoms. The number of fused-ring (bicyclic) bond motifs is 1. The van der Waals surface area contributed by atoms with Crippen molar-refractivity contribution in [2.75, 3.05) is 10.6 Å². The number of anilines is 2. The summed E-state index contributed by atoms with van der Waals surface area (Å²) in [6, 6.07) is 3.73. The van der Waals surface area contributed by atoms with E-state index < -0.39 is 0 Å². The predicted octanol–water partition coefficient (Wildman–Crippen LogP) is 2.09. The monoisotopic (exact) mass is 343 g/mol. The van der Waals surface area contributed by atoms with Crippen molar-refractivity contribution >= 4 is 17.2 Å². The molecule has 0 amide bonds. The third-order valence-electron chi connectivity index (χ3n) is 5.61. The Kier molecular flexibility index (Phi) is 4.76. The van der Waals surface area contributed by atoms with Crippen molar-refractivity contribution in [1.29, 1.82) is 0 Å². The summed E-state index contributed by atoms with van der Waals surface area (Å²) in [7, 11) is 0. The summed E-state index contributed by atoms with van der Waals surface area (Å²) in [5.41, 5.74) is 14.0. The lowest BCUT2D eigenvalue weighted by atomic mass is 9.91. The second-order valence-corrected chi connectivity index (χ2v) is 7.65. The van der Waals surface area contributed by atoms with Crippen molar-refractivity contribution < 1.29 is 0 Å². The molecular weight excluding hydrogens is 314 g/mol. The van der Waals surface area contributed by atoms with E-state index in [1.165, 1.54) is 0 Å². The first-order valence-electron chi connectivity index (χ1n) is 9.56. The van der Waals surface area contributed by atoms with Crippen LogP contribution in [0.5, 0.6) is 0 Å². The number of hydrogen-bond donors (Lipinski definition) is 4. The fraction of sp³-hybridized carbons (Fsp3) is 0.667. The average molecular weight is 343 g/mol. The Balaban J connectivity index is 1.50. The number of nitrogens with one attached hydrogen (secondary N) is 2. The highest BCUT2D eigenvalue weighted by atomic mass is 15.3. The highest BCUT2D eigenvalue weighted by Gasteiger charge is 2.21. The molecule has 0 saturated heterocycles. The molecule has 136 valence electrons. The quantitative estimate of drug-likeness (QED) is 0.677. The van der Waals surface area contributed by atoms with E-state index in [2.05, 4.69) is 26.8 Å². The van der Waals surface area contributed by atoms with E-state index in [1.807, 2.05) is 10.7 Å². The summed E-state index contributed by atoms with van der Waals surface area (Å²) in [4.78, 5) is 4.47. The third-order valence-corrected chi connectivity index (χ3v) is 5.61. The van der Waals surface area contributed by atoms with E-state index >= 15 is 0 Å². The highest BCUT2D eigenvalue weighted by molar-refractivity contribution is 5.70. The van der Waals surface area contributed by atoms with Gasteiger partial charge >= 0.3 is 0 Å². The van der Waals surface area contributed by atoms with Crippen LogP contribution in [0.15, 0.2) is 18.5 Å². The van der Waals surface area contributed by atoms with Crippen LogP contribution >= 0.6 is 0 Å². The first-order valence-corrected chi connectivity index (χ1v) is 9.56. The minimum absolute atomic E-state index is 0.358. The largest absolute Gasteiger partial charge is 0.379 e. The van der Waals surface area contributed by atoms with Crippen LogP contribution in [0.4, 0.5) is 11.5 Å². The molecule has 2 fully saturated rings. The molecule has 0 unspecified atom stereocenters. The molecular formula is C18H29N7. The molecule has 0 aromatic carbocycles. The number of imidazole rings is 1. The molecule has 2 aromatic rings. The van der Waals surface area contributed by atoms with Gasteiger partial charge in [0.15, 0.2) is 5.65 Å². The molecule has 2 heterocycles. The van der Waals surface area contributed by atoms with Crippen molar-refractivity contribution in [1.82, 2.24) is 14.6 Å². The van der Waals surface area contributed by atoms with Gasteiger partial charge in [-0.3, -0.25) is 0 Å². The number of nitrogens with two attached hydrogens (primary N) is 2. The molecule has 0 bridgehead atoms. The average Bonchev–Trinajstić information content (AvgIpc) is 3.08. The number of hydrogen-bond acceptors (Lipinski definition) is 6. The summed E-state index contributed by atoms with van der Waals surface area (Å²) >= 11 is 0. The standard InChI is InChI=1S/C18H29N7/c19-12-1-5-14(6-2-12)22-16-11-17(24-25-10-9-21-18(16)25)23-15-7-3-13(20)4-8-15/h9-15,22H,1-8,19-20H2,(H,23,24)/t12?,13-,14?,15-. The Hall–Kier alpha value is -1.86. The van der Waals surface area contributed by atoms with Gasteiger partial charge in [0.2, 0.25) is 0 Å². The van der Waals surface area contributed by atoms with Gasteiger partial charge in [-0.1, -0.05) is 0 Å². The fourth-order valence-corrected chi connectivity index (χ4v) is 4.05. The Bertz CT molecular complexity index is 697. The zero-order valence-electron chi connectivity index (χ0n) is 14.7. The molecule has 7 heteroatoms. The molecule has 2 aliphatic carbocycles. The van der Waals surface area contributed by atoms with Crippen molar-refractivity contribution in [3.63, 3.8) is 0 Å². The van der Waals surface area contributed by atoms with Crippen molar-refractivity contribution in [3.05, 3.63) is 18.5 Å². The first kappa shape index (κ1) is 16.6. The zero-order chi connectivity index (χ0) is 17.2. The summed E-state index contributed by atoms with van der Waals surface area (Å²) in [6.07, 6.45) is 12.5. The molecule has 2 saturated carbocycles. The predicted molar refractivity (Wildman–Crippen MR) is 101 cm³/mol. The lowest BCUT2D eigenvalue weighted by Crippen LogP contribution is -2.33. The number of rotatable bonds is 4. The topological polar surface area (TPSA) is 106 Å². The molecule has 0 atom stereocenters. The SMILES string of the molecule is NC1CCC(Nc2cc(N[C@H]3CC[C@H](N)CC3)nn3ccnc23)CC1. The summed E-state index contributed by atoms with van der Waals surface area (Å²) in [6.45, 7) is 0. The second kappa shape index (κ2) is 7.17.